The first-order valence-electron chi connectivity index (χ1n) is 7.88. The lowest BCUT2D eigenvalue weighted by Crippen LogP contribution is -2.15. The average Bonchev–Trinajstić information content (AvgIpc) is 3.07. The van der Waals surface area contributed by atoms with E-state index in [-0.39, 0.29) is 12.3 Å². The Bertz CT molecular complexity index is 865. The van der Waals surface area contributed by atoms with Crippen LogP contribution in [-0.2, 0) is 11.2 Å². The highest BCUT2D eigenvalue weighted by Gasteiger charge is 2.13. The van der Waals surface area contributed by atoms with Gasteiger partial charge in [-0.2, -0.15) is 0 Å². The fourth-order valence-corrected chi connectivity index (χ4v) is 3.41. The quantitative estimate of drug-likeness (QED) is 0.659. The predicted octanol–water partition coefficient (Wildman–Crippen LogP) is 5.04. The van der Waals surface area contributed by atoms with Crippen LogP contribution in [0.15, 0.2) is 53.9 Å². The molecular weight excluding hydrogens is 356 g/mol. The maximum Gasteiger partial charge on any atom is 0.230 e. The number of para-hydroxylation sites is 1. The molecule has 1 aromatic heterocycles. The summed E-state index contributed by atoms with van der Waals surface area (Å²) < 4.78 is 5.52. The monoisotopic (exact) mass is 372 g/mol. The van der Waals surface area contributed by atoms with Gasteiger partial charge in [-0.3, -0.25) is 4.79 Å². The van der Waals surface area contributed by atoms with Crippen LogP contribution in [0.25, 0.3) is 10.6 Å². The van der Waals surface area contributed by atoms with Crippen LogP contribution in [0.2, 0.25) is 5.02 Å². The summed E-state index contributed by atoms with van der Waals surface area (Å²) in [4.78, 5) is 16.9. The summed E-state index contributed by atoms with van der Waals surface area (Å²) in [6, 6.07) is 15.2. The van der Waals surface area contributed by atoms with Crippen LogP contribution in [0.1, 0.15) is 12.6 Å². The molecule has 2 aromatic carbocycles. The molecule has 1 amide bonds. The van der Waals surface area contributed by atoms with Gasteiger partial charge in [0.15, 0.2) is 5.75 Å². The smallest absolute Gasteiger partial charge is 0.230 e. The highest BCUT2D eigenvalue weighted by molar-refractivity contribution is 7.13. The van der Waals surface area contributed by atoms with Gasteiger partial charge in [-0.25, -0.2) is 4.98 Å². The number of benzene rings is 2. The van der Waals surface area contributed by atoms with Crippen LogP contribution in [-0.4, -0.2) is 17.5 Å². The minimum Gasteiger partial charge on any atom is -0.490 e. The molecule has 1 N–H and O–H groups in total. The molecule has 0 atom stereocenters. The molecule has 0 fully saturated rings. The Kier molecular flexibility index (Phi) is 5.68. The molecule has 0 saturated carbocycles. The van der Waals surface area contributed by atoms with Gasteiger partial charge in [0.25, 0.3) is 0 Å². The summed E-state index contributed by atoms with van der Waals surface area (Å²) in [5, 5.41) is 6.13. The summed E-state index contributed by atoms with van der Waals surface area (Å²) in [5.41, 5.74) is 2.35. The normalized spacial score (nSPS) is 10.5. The largest absolute Gasteiger partial charge is 0.490 e. The Morgan fingerprint density at radius 3 is 2.76 bits per heavy atom. The summed E-state index contributed by atoms with van der Waals surface area (Å²) in [6.07, 6.45) is 0.196. The number of rotatable bonds is 6. The minimum absolute atomic E-state index is 0.159. The van der Waals surface area contributed by atoms with Crippen LogP contribution >= 0.6 is 22.9 Å². The van der Waals surface area contributed by atoms with Gasteiger partial charge in [-0.1, -0.05) is 48.0 Å². The van der Waals surface area contributed by atoms with Crippen LogP contribution in [0.4, 0.5) is 5.69 Å². The van der Waals surface area contributed by atoms with E-state index in [1.54, 1.807) is 18.2 Å². The number of nitrogens with one attached hydrogen (secondary N) is 1. The van der Waals surface area contributed by atoms with Gasteiger partial charge in [0.05, 0.1) is 29.4 Å². The standard InChI is InChI=1S/C19H17ClN2O2S/c1-2-24-18-15(20)9-6-10-16(18)22-17(23)11-14-12-25-19(21-14)13-7-4-3-5-8-13/h3-10,12H,2,11H2,1H3,(H,22,23). The summed E-state index contributed by atoms with van der Waals surface area (Å²) >= 11 is 7.66. The molecule has 3 aromatic rings. The number of nitrogens with zero attached hydrogens (tertiary/aromatic N) is 1. The molecule has 0 aliphatic rings. The Morgan fingerprint density at radius 1 is 1.20 bits per heavy atom. The van der Waals surface area contributed by atoms with Crippen molar-refractivity contribution in [2.45, 2.75) is 13.3 Å². The van der Waals surface area contributed by atoms with Crippen molar-refractivity contribution in [1.29, 1.82) is 0 Å². The zero-order valence-corrected chi connectivity index (χ0v) is 15.2. The Balaban J connectivity index is 1.70. The van der Waals surface area contributed by atoms with Gasteiger partial charge in [0.1, 0.15) is 5.01 Å². The fraction of sp³-hybridized carbons (Fsp3) is 0.158. The number of hydrogen-bond donors (Lipinski definition) is 1. The summed E-state index contributed by atoms with van der Waals surface area (Å²) in [7, 11) is 0. The molecule has 0 bridgehead atoms. The van der Waals surface area contributed by atoms with Gasteiger partial charge in [0, 0.05) is 10.9 Å². The van der Waals surface area contributed by atoms with E-state index in [2.05, 4.69) is 10.3 Å². The van der Waals surface area contributed by atoms with E-state index in [0.717, 1.165) is 16.3 Å². The number of halogens is 1. The maximum absolute atomic E-state index is 12.4. The van der Waals surface area contributed by atoms with Crippen LogP contribution in [0.5, 0.6) is 5.75 Å². The van der Waals surface area contributed by atoms with Gasteiger partial charge < -0.3 is 10.1 Å². The third-order valence-corrected chi connectivity index (χ3v) is 4.68. The fourth-order valence-electron chi connectivity index (χ4n) is 2.36. The molecule has 3 rings (SSSR count). The highest BCUT2D eigenvalue weighted by Crippen LogP contribution is 2.33. The molecule has 25 heavy (non-hydrogen) atoms. The Labute approximate surface area is 155 Å². The zero-order valence-electron chi connectivity index (χ0n) is 13.7. The number of carbonyl (C=O) groups excluding carboxylic acids is 1. The minimum atomic E-state index is -0.159. The molecule has 0 radical (unpaired) electrons. The summed E-state index contributed by atoms with van der Waals surface area (Å²) in [5.74, 6) is 0.330. The van der Waals surface area contributed by atoms with Crippen molar-refractivity contribution in [1.82, 2.24) is 4.98 Å². The maximum atomic E-state index is 12.4. The van der Waals surface area contributed by atoms with E-state index in [0.29, 0.717) is 23.1 Å². The number of carbonyl (C=O) groups is 1. The number of aromatic nitrogens is 1. The molecule has 0 spiro atoms. The first kappa shape index (κ1) is 17.5. The zero-order chi connectivity index (χ0) is 17.6. The van der Waals surface area contributed by atoms with Crippen molar-refractivity contribution in [2.24, 2.45) is 0 Å². The molecule has 0 unspecified atom stereocenters. The van der Waals surface area contributed by atoms with E-state index in [1.807, 2.05) is 42.6 Å². The third kappa shape index (κ3) is 4.38. The summed E-state index contributed by atoms with van der Waals surface area (Å²) in [6.45, 7) is 2.34. The van der Waals surface area contributed by atoms with E-state index < -0.39 is 0 Å². The number of amides is 1. The molecule has 4 nitrogen and oxygen atoms in total. The molecule has 0 saturated heterocycles. The van der Waals surface area contributed by atoms with E-state index in [9.17, 15) is 4.79 Å². The van der Waals surface area contributed by atoms with Crippen molar-refractivity contribution < 1.29 is 9.53 Å². The second kappa shape index (κ2) is 8.14. The third-order valence-electron chi connectivity index (χ3n) is 3.44. The van der Waals surface area contributed by atoms with Crippen molar-refractivity contribution in [3.8, 4) is 16.3 Å². The van der Waals surface area contributed by atoms with Gasteiger partial charge in [-0.05, 0) is 19.1 Å². The molecule has 6 heteroatoms. The Hall–Kier alpha value is -2.37. The van der Waals surface area contributed by atoms with E-state index >= 15 is 0 Å². The number of thiazole rings is 1. The average molecular weight is 373 g/mol. The lowest BCUT2D eigenvalue weighted by Gasteiger charge is -2.12. The van der Waals surface area contributed by atoms with Crippen molar-refractivity contribution in [2.75, 3.05) is 11.9 Å². The van der Waals surface area contributed by atoms with Crippen molar-refractivity contribution in [3.05, 3.63) is 64.6 Å². The van der Waals surface area contributed by atoms with Crippen LogP contribution in [0.3, 0.4) is 0 Å². The lowest BCUT2D eigenvalue weighted by molar-refractivity contribution is -0.115. The number of anilines is 1. The molecule has 0 aliphatic carbocycles. The molecular formula is C19H17ClN2O2S. The van der Waals surface area contributed by atoms with Crippen molar-refractivity contribution >= 4 is 34.5 Å². The first-order valence-corrected chi connectivity index (χ1v) is 9.14. The number of hydrogen-bond acceptors (Lipinski definition) is 4. The second-order valence-electron chi connectivity index (χ2n) is 5.28. The SMILES string of the molecule is CCOc1c(Cl)cccc1NC(=O)Cc1csc(-c2ccccc2)n1. The number of ether oxygens (including phenoxy) is 1. The van der Waals surface area contributed by atoms with E-state index in [4.69, 9.17) is 16.3 Å². The molecule has 128 valence electrons. The van der Waals surface area contributed by atoms with Gasteiger partial charge in [-0.15, -0.1) is 11.3 Å². The van der Waals surface area contributed by atoms with Crippen LogP contribution in [0, 0.1) is 0 Å². The highest BCUT2D eigenvalue weighted by atomic mass is 35.5. The van der Waals surface area contributed by atoms with Gasteiger partial charge in [0.2, 0.25) is 5.91 Å². The topological polar surface area (TPSA) is 51.2 Å². The molecule has 0 aliphatic heterocycles. The lowest BCUT2D eigenvalue weighted by atomic mass is 10.2. The van der Waals surface area contributed by atoms with Crippen molar-refractivity contribution in [3.63, 3.8) is 0 Å². The Morgan fingerprint density at radius 2 is 2.00 bits per heavy atom. The second-order valence-corrected chi connectivity index (χ2v) is 6.55. The molecule has 1 heterocycles. The van der Waals surface area contributed by atoms with Gasteiger partial charge >= 0.3 is 0 Å². The van der Waals surface area contributed by atoms with Crippen LogP contribution < -0.4 is 10.1 Å². The first-order chi connectivity index (χ1) is 12.2. The predicted molar refractivity (Wildman–Crippen MR) is 103 cm³/mol. The van der Waals surface area contributed by atoms with E-state index in [1.165, 1.54) is 11.3 Å².